The van der Waals surface area contributed by atoms with Crippen molar-refractivity contribution >= 4 is 35.6 Å². The van der Waals surface area contributed by atoms with Crippen LogP contribution in [0, 0.1) is 5.41 Å². The van der Waals surface area contributed by atoms with Crippen LogP contribution in [0.1, 0.15) is 51.4 Å². The minimum Gasteiger partial charge on any atom is -0.391 e. The van der Waals surface area contributed by atoms with E-state index in [1.54, 1.807) is 5.51 Å². The summed E-state index contributed by atoms with van der Waals surface area (Å²) in [6, 6.07) is 5.90. The number of hydrogen-bond donors (Lipinski definition) is 4. The van der Waals surface area contributed by atoms with Crippen LogP contribution in [0.3, 0.4) is 0 Å². The minimum atomic E-state index is -0.761. The number of hydrogen-bond acceptors (Lipinski definition) is 7. The average Bonchev–Trinajstić information content (AvgIpc) is 3.38. The molecular weight excluding hydrogens is 464 g/mol. The highest BCUT2D eigenvalue weighted by Crippen LogP contribution is 2.29. The van der Waals surface area contributed by atoms with Gasteiger partial charge in [0.15, 0.2) is 0 Å². The molecule has 2 aromatic rings. The van der Waals surface area contributed by atoms with E-state index in [-0.39, 0.29) is 49.8 Å². The molecule has 1 saturated heterocycles. The summed E-state index contributed by atoms with van der Waals surface area (Å²) in [7, 11) is 0. The predicted octanol–water partition coefficient (Wildman–Crippen LogP) is 2.24. The summed E-state index contributed by atoms with van der Waals surface area (Å²) >= 11 is 1.46. The number of nitrogens with one attached hydrogen (secondary N) is 1. The normalized spacial score (nSPS) is 20.2. The largest absolute Gasteiger partial charge is 0.391 e. The van der Waals surface area contributed by atoms with Crippen LogP contribution in [0.4, 0.5) is 0 Å². The second-order valence-corrected chi connectivity index (χ2v) is 10.2. The van der Waals surface area contributed by atoms with Gasteiger partial charge < -0.3 is 26.2 Å². The number of rotatable bonds is 6. The van der Waals surface area contributed by atoms with E-state index in [2.05, 4.69) is 10.3 Å². The second-order valence-electron chi connectivity index (χ2n) is 9.38. The van der Waals surface area contributed by atoms with Crippen LogP contribution in [0.25, 0.3) is 10.4 Å². The van der Waals surface area contributed by atoms with Crippen LogP contribution in [0.2, 0.25) is 0 Å². The van der Waals surface area contributed by atoms with Crippen molar-refractivity contribution in [3.05, 3.63) is 41.0 Å². The fourth-order valence-corrected chi connectivity index (χ4v) is 4.60. The molecule has 1 aromatic heterocycles. The Kier molecular flexibility index (Phi) is 9.01. The number of carbonyl (C=O) groups excluding carboxylic acids is 2. The summed E-state index contributed by atoms with van der Waals surface area (Å²) in [4.78, 5) is 32.4. The zero-order valence-electron chi connectivity index (χ0n) is 19.3. The Morgan fingerprint density at radius 2 is 1.94 bits per heavy atom. The number of β-amino-alcohol motifs (C(OH)–C–C–N with tert-alkyl or cyclic N) is 1. The molecule has 10 heteroatoms. The molecule has 0 bridgehead atoms. The van der Waals surface area contributed by atoms with Crippen LogP contribution in [-0.2, 0) is 16.2 Å². The summed E-state index contributed by atoms with van der Waals surface area (Å²) < 4.78 is 0. The number of aliphatic hydroxyl groups excluding tert-OH is 2. The molecule has 182 valence electrons. The molecule has 5 N–H and O–H groups in total. The van der Waals surface area contributed by atoms with Crippen molar-refractivity contribution in [3.8, 4) is 10.4 Å². The number of aromatic nitrogens is 1. The molecule has 0 spiro atoms. The first-order valence-electron chi connectivity index (χ1n) is 10.7. The zero-order valence-corrected chi connectivity index (χ0v) is 20.9. The molecule has 1 aliphatic heterocycles. The van der Waals surface area contributed by atoms with E-state index in [1.807, 2.05) is 52.0 Å². The monoisotopic (exact) mass is 496 g/mol. The van der Waals surface area contributed by atoms with Crippen LogP contribution < -0.4 is 11.1 Å². The number of benzene rings is 1. The fourth-order valence-electron chi connectivity index (χ4n) is 3.79. The highest BCUT2D eigenvalue weighted by Gasteiger charge is 2.42. The summed E-state index contributed by atoms with van der Waals surface area (Å²) in [6.45, 7) is 7.48. The van der Waals surface area contributed by atoms with Crippen molar-refractivity contribution in [1.82, 2.24) is 15.2 Å². The lowest BCUT2D eigenvalue weighted by Crippen LogP contribution is -2.55. The first-order chi connectivity index (χ1) is 15.0. The lowest BCUT2D eigenvalue weighted by atomic mass is 9.86. The van der Waals surface area contributed by atoms with Crippen molar-refractivity contribution in [1.29, 1.82) is 0 Å². The van der Waals surface area contributed by atoms with Gasteiger partial charge in [0.05, 0.1) is 40.9 Å². The molecule has 3 rings (SSSR count). The fraction of sp³-hybridized carbons (Fsp3) is 0.522. The highest BCUT2D eigenvalue weighted by atomic mass is 35.5. The Morgan fingerprint density at radius 3 is 2.52 bits per heavy atom. The molecule has 1 fully saturated rings. The Hall–Kier alpha value is -2.04. The summed E-state index contributed by atoms with van der Waals surface area (Å²) in [5.74, 6) is -0.631. The van der Waals surface area contributed by atoms with E-state index in [0.717, 1.165) is 16.0 Å². The molecule has 1 aliphatic rings. The van der Waals surface area contributed by atoms with Gasteiger partial charge in [-0.15, -0.1) is 23.7 Å². The highest BCUT2D eigenvalue weighted by molar-refractivity contribution is 7.13. The van der Waals surface area contributed by atoms with Gasteiger partial charge in [0, 0.05) is 13.0 Å². The molecule has 1 unspecified atom stereocenters. The number of carbonyl (C=O) groups is 2. The van der Waals surface area contributed by atoms with E-state index in [0.29, 0.717) is 5.69 Å². The number of aliphatic hydroxyl groups is 2. The van der Waals surface area contributed by atoms with Crippen molar-refractivity contribution in [2.24, 2.45) is 11.1 Å². The second kappa shape index (κ2) is 10.9. The summed E-state index contributed by atoms with van der Waals surface area (Å²) in [5, 5.41) is 22.5. The maximum absolute atomic E-state index is 13.0. The van der Waals surface area contributed by atoms with Gasteiger partial charge in [0.2, 0.25) is 11.8 Å². The molecule has 33 heavy (non-hydrogen) atoms. The first-order valence-corrected chi connectivity index (χ1v) is 11.6. The topological polar surface area (TPSA) is 129 Å². The van der Waals surface area contributed by atoms with Gasteiger partial charge >= 0.3 is 0 Å². The zero-order chi connectivity index (χ0) is 23.6. The van der Waals surface area contributed by atoms with Gasteiger partial charge in [-0.1, -0.05) is 45.0 Å². The third kappa shape index (κ3) is 6.10. The molecule has 2 amide bonds. The number of thiazole rings is 1. The van der Waals surface area contributed by atoms with Gasteiger partial charge in [0.25, 0.3) is 0 Å². The van der Waals surface area contributed by atoms with Gasteiger partial charge in [-0.2, -0.15) is 0 Å². The molecule has 8 nitrogen and oxygen atoms in total. The summed E-state index contributed by atoms with van der Waals surface area (Å²) in [6.07, 6.45) is -0.563. The van der Waals surface area contributed by atoms with Crippen LogP contribution in [0.15, 0.2) is 29.8 Å². The van der Waals surface area contributed by atoms with E-state index in [4.69, 9.17) is 5.73 Å². The third-order valence-corrected chi connectivity index (χ3v) is 6.80. The minimum absolute atomic E-state index is 0. The number of nitrogens with two attached hydrogens (primary N) is 1. The lowest BCUT2D eigenvalue weighted by Gasteiger charge is -2.32. The maximum atomic E-state index is 13.0. The number of likely N-dealkylation sites (tertiary alicyclic amines) is 1. The van der Waals surface area contributed by atoms with E-state index >= 15 is 0 Å². The Balaban J connectivity index is 0.00000385. The van der Waals surface area contributed by atoms with Gasteiger partial charge in [-0.25, -0.2) is 4.98 Å². The van der Waals surface area contributed by atoms with E-state index in [1.165, 1.54) is 16.2 Å². The third-order valence-electron chi connectivity index (χ3n) is 5.89. The molecule has 0 aliphatic carbocycles. The number of halogens is 1. The Bertz CT molecular complexity index is 960. The first kappa shape index (κ1) is 27.2. The van der Waals surface area contributed by atoms with E-state index in [9.17, 15) is 19.8 Å². The molecule has 1 aromatic carbocycles. The SMILES string of the molecule is C[C@H](NC(=O)[C@@H]1C[C@@H](O)CN1C(=O)C(N)C(C)(C)C)c1ccc(-c2scnc2CO)cc1.Cl. The van der Waals surface area contributed by atoms with Crippen molar-refractivity contribution in [2.75, 3.05) is 6.54 Å². The van der Waals surface area contributed by atoms with Crippen LogP contribution in [-0.4, -0.2) is 56.6 Å². The van der Waals surface area contributed by atoms with E-state index < -0.39 is 23.6 Å². The molecule has 0 radical (unpaired) electrons. The van der Waals surface area contributed by atoms with Crippen LogP contribution >= 0.6 is 23.7 Å². The molecule has 4 atom stereocenters. The summed E-state index contributed by atoms with van der Waals surface area (Å²) in [5.41, 5.74) is 9.87. The number of nitrogens with zero attached hydrogens (tertiary/aromatic N) is 2. The van der Waals surface area contributed by atoms with Crippen molar-refractivity contribution < 1.29 is 19.8 Å². The molecule has 2 heterocycles. The standard InChI is InChI=1S/C23H32N4O4S.ClH/c1-13(14-5-7-15(8-6-14)19-17(11-28)25-12-32-19)26-21(30)18-9-16(29)10-27(18)22(31)20(24)23(2,3)4;/h5-8,12-13,16,18,20,28-29H,9-11,24H2,1-4H3,(H,26,30);1H/t13-,16+,18-,20?;/m0./s1. The van der Waals surface area contributed by atoms with Crippen molar-refractivity contribution in [3.63, 3.8) is 0 Å². The Morgan fingerprint density at radius 1 is 1.30 bits per heavy atom. The van der Waals surface area contributed by atoms with Gasteiger partial charge in [-0.3, -0.25) is 9.59 Å². The smallest absolute Gasteiger partial charge is 0.243 e. The lowest BCUT2D eigenvalue weighted by molar-refractivity contribution is -0.141. The quantitative estimate of drug-likeness (QED) is 0.485. The number of amides is 2. The Labute approximate surface area is 204 Å². The van der Waals surface area contributed by atoms with Gasteiger partial charge in [-0.05, 0) is 23.5 Å². The predicted molar refractivity (Wildman–Crippen MR) is 131 cm³/mol. The van der Waals surface area contributed by atoms with Crippen molar-refractivity contribution in [2.45, 2.75) is 65.0 Å². The molecular formula is C23H33ClN4O4S. The molecule has 0 saturated carbocycles. The average molecular weight is 497 g/mol. The van der Waals surface area contributed by atoms with Crippen LogP contribution in [0.5, 0.6) is 0 Å². The maximum Gasteiger partial charge on any atom is 0.243 e. The van der Waals surface area contributed by atoms with Gasteiger partial charge in [0.1, 0.15) is 6.04 Å².